The van der Waals surface area contributed by atoms with Gasteiger partial charge in [0.1, 0.15) is 11.1 Å². The number of carbonyl (C=O) groups is 2. The fourth-order valence-corrected chi connectivity index (χ4v) is 3.16. The molecule has 0 saturated heterocycles. The Labute approximate surface area is 159 Å². The SMILES string of the molecule is NC(=O)C(Sc1ccc(C(=O)Nc2ccc(F)cc2)cn1)c1cccnc1. The lowest BCUT2D eigenvalue weighted by molar-refractivity contribution is -0.117. The minimum absolute atomic E-state index is 0.334. The van der Waals surface area contributed by atoms with Crippen molar-refractivity contribution in [1.29, 1.82) is 0 Å². The van der Waals surface area contributed by atoms with Crippen LogP contribution in [0.2, 0.25) is 0 Å². The van der Waals surface area contributed by atoms with Gasteiger partial charge >= 0.3 is 0 Å². The molecule has 1 atom stereocenters. The van der Waals surface area contributed by atoms with Crippen LogP contribution in [-0.2, 0) is 4.79 Å². The maximum atomic E-state index is 12.9. The number of carbonyl (C=O) groups excluding carboxylic acids is 2. The van der Waals surface area contributed by atoms with Crippen molar-refractivity contribution >= 4 is 29.3 Å². The molecule has 1 unspecified atom stereocenters. The highest BCUT2D eigenvalue weighted by Gasteiger charge is 2.20. The highest BCUT2D eigenvalue weighted by molar-refractivity contribution is 8.00. The van der Waals surface area contributed by atoms with Gasteiger partial charge < -0.3 is 11.1 Å². The monoisotopic (exact) mass is 382 g/mol. The molecule has 3 N–H and O–H groups in total. The van der Waals surface area contributed by atoms with Gasteiger partial charge in [-0.05, 0) is 48.0 Å². The molecule has 0 aliphatic heterocycles. The van der Waals surface area contributed by atoms with Crippen LogP contribution in [0.4, 0.5) is 10.1 Å². The van der Waals surface area contributed by atoms with Crippen molar-refractivity contribution in [2.75, 3.05) is 5.32 Å². The number of thioether (sulfide) groups is 1. The number of nitrogens with two attached hydrogens (primary N) is 1. The van der Waals surface area contributed by atoms with E-state index in [1.165, 1.54) is 42.2 Å². The molecular formula is C19H15FN4O2S. The maximum Gasteiger partial charge on any atom is 0.257 e. The Morgan fingerprint density at radius 2 is 1.85 bits per heavy atom. The van der Waals surface area contributed by atoms with E-state index in [1.54, 1.807) is 36.7 Å². The molecule has 0 fully saturated rings. The Balaban J connectivity index is 1.69. The maximum absolute atomic E-state index is 12.9. The lowest BCUT2D eigenvalue weighted by Crippen LogP contribution is -2.19. The summed E-state index contributed by atoms with van der Waals surface area (Å²) in [5, 5.41) is 2.56. The molecule has 136 valence electrons. The quantitative estimate of drug-likeness (QED) is 0.638. The number of nitrogens with zero attached hydrogens (tertiary/aromatic N) is 2. The van der Waals surface area contributed by atoms with Crippen LogP contribution in [0.25, 0.3) is 0 Å². The van der Waals surface area contributed by atoms with Gasteiger partial charge in [0.25, 0.3) is 5.91 Å². The lowest BCUT2D eigenvalue weighted by Gasteiger charge is -2.12. The molecule has 2 heterocycles. The summed E-state index contributed by atoms with van der Waals surface area (Å²) in [5.41, 5.74) is 6.97. The van der Waals surface area contributed by atoms with Gasteiger partial charge in [0.15, 0.2) is 0 Å². The normalized spacial score (nSPS) is 11.6. The smallest absolute Gasteiger partial charge is 0.257 e. The molecule has 0 bridgehead atoms. The summed E-state index contributed by atoms with van der Waals surface area (Å²) in [5.74, 6) is -1.26. The molecule has 0 aliphatic carbocycles. The minimum Gasteiger partial charge on any atom is -0.368 e. The Morgan fingerprint density at radius 1 is 1.07 bits per heavy atom. The second-order valence-corrected chi connectivity index (χ2v) is 6.66. The van der Waals surface area contributed by atoms with Crippen molar-refractivity contribution in [3.05, 3.63) is 84.1 Å². The van der Waals surface area contributed by atoms with Crippen LogP contribution in [0.15, 0.2) is 72.1 Å². The number of halogens is 1. The summed E-state index contributed by atoms with van der Waals surface area (Å²) in [4.78, 5) is 32.2. The topological polar surface area (TPSA) is 98.0 Å². The number of amides is 2. The summed E-state index contributed by atoms with van der Waals surface area (Å²) in [7, 11) is 0. The van der Waals surface area contributed by atoms with Crippen LogP contribution in [0.5, 0.6) is 0 Å². The third kappa shape index (κ3) is 4.89. The number of aromatic nitrogens is 2. The van der Waals surface area contributed by atoms with Crippen LogP contribution in [-0.4, -0.2) is 21.8 Å². The zero-order chi connectivity index (χ0) is 19.2. The number of hydrogen-bond acceptors (Lipinski definition) is 5. The molecular weight excluding hydrogens is 367 g/mol. The molecule has 0 spiro atoms. The van der Waals surface area contributed by atoms with Crippen LogP contribution >= 0.6 is 11.8 Å². The van der Waals surface area contributed by atoms with E-state index in [-0.39, 0.29) is 11.7 Å². The zero-order valence-corrected chi connectivity index (χ0v) is 14.8. The summed E-state index contributed by atoms with van der Waals surface area (Å²) >= 11 is 1.18. The van der Waals surface area contributed by atoms with Crippen LogP contribution in [0, 0.1) is 5.82 Å². The molecule has 2 amide bonds. The van der Waals surface area contributed by atoms with Crippen molar-refractivity contribution < 1.29 is 14.0 Å². The molecule has 1 aromatic carbocycles. The second-order valence-electron chi connectivity index (χ2n) is 5.53. The number of rotatable bonds is 6. The summed E-state index contributed by atoms with van der Waals surface area (Å²) in [6.07, 6.45) is 4.59. The van der Waals surface area contributed by atoms with Crippen molar-refractivity contribution in [3.63, 3.8) is 0 Å². The van der Waals surface area contributed by atoms with Crippen molar-refractivity contribution in [3.8, 4) is 0 Å². The molecule has 0 radical (unpaired) electrons. The summed E-state index contributed by atoms with van der Waals surface area (Å²) in [6.45, 7) is 0. The van der Waals surface area contributed by atoms with Gasteiger partial charge in [0.2, 0.25) is 5.91 Å². The summed E-state index contributed by atoms with van der Waals surface area (Å²) in [6, 6.07) is 12.2. The number of anilines is 1. The van der Waals surface area contributed by atoms with E-state index < -0.39 is 11.2 Å². The zero-order valence-electron chi connectivity index (χ0n) is 14.0. The molecule has 0 saturated carbocycles. The van der Waals surface area contributed by atoms with Crippen molar-refractivity contribution in [2.45, 2.75) is 10.3 Å². The van der Waals surface area contributed by atoms with Crippen LogP contribution in [0.1, 0.15) is 21.2 Å². The Morgan fingerprint density at radius 3 is 2.44 bits per heavy atom. The third-order valence-electron chi connectivity index (χ3n) is 3.58. The molecule has 3 rings (SSSR count). The first-order valence-electron chi connectivity index (χ1n) is 7.92. The third-order valence-corrected chi connectivity index (χ3v) is 4.81. The average Bonchev–Trinajstić information content (AvgIpc) is 2.69. The molecule has 3 aromatic rings. The van der Waals surface area contributed by atoms with E-state index >= 15 is 0 Å². The van der Waals surface area contributed by atoms with Crippen molar-refractivity contribution in [1.82, 2.24) is 9.97 Å². The van der Waals surface area contributed by atoms with Gasteiger partial charge in [-0.3, -0.25) is 14.6 Å². The molecule has 6 nitrogen and oxygen atoms in total. The standard InChI is InChI=1S/C19H15FN4O2S/c20-14-4-6-15(7-5-14)24-19(26)13-3-8-16(23-11-13)27-17(18(21)25)12-2-1-9-22-10-12/h1-11,17H,(H2,21,25)(H,24,26). The average molecular weight is 382 g/mol. The largest absolute Gasteiger partial charge is 0.368 e. The Bertz CT molecular complexity index is 934. The summed E-state index contributed by atoms with van der Waals surface area (Å²) < 4.78 is 12.9. The molecule has 0 aliphatic rings. The van der Waals surface area contributed by atoms with Gasteiger partial charge in [-0.2, -0.15) is 0 Å². The van der Waals surface area contributed by atoms with Gasteiger partial charge in [0, 0.05) is 24.3 Å². The fourth-order valence-electron chi connectivity index (χ4n) is 2.26. The number of benzene rings is 1. The van der Waals surface area contributed by atoms with E-state index in [1.807, 2.05) is 0 Å². The second kappa shape index (κ2) is 8.41. The highest BCUT2D eigenvalue weighted by Crippen LogP contribution is 2.33. The first-order valence-corrected chi connectivity index (χ1v) is 8.80. The van der Waals surface area contributed by atoms with Crippen molar-refractivity contribution in [2.24, 2.45) is 5.73 Å². The first-order chi connectivity index (χ1) is 13.0. The molecule has 27 heavy (non-hydrogen) atoms. The minimum atomic E-state index is -0.634. The Kier molecular flexibility index (Phi) is 5.77. The van der Waals surface area contributed by atoms with Gasteiger partial charge in [-0.25, -0.2) is 9.37 Å². The van der Waals surface area contributed by atoms with E-state index in [9.17, 15) is 14.0 Å². The van der Waals surface area contributed by atoms with E-state index in [2.05, 4.69) is 15.3 Å². The molecule has 8 heteroatoms. The predicted molar refractivity (Wildman–Crippen MR) is 101 cm³/mol. The van der Waals surface area contributed by atoms with E-state index in [4.69, 9.17) is 5.73 Å². The van der Waals surface area contributed by atoms with E-state index in [0.717, 1.165) is 0 Å². The van der Waals surface area contributed by atoms with Crippen LogP contribution < -0.4 is 11.1 Å². The highest BCUT2D eigenvalue weighted by atomic mass is 32.2. The number of nitrogens with one attached hydrogen (secondary N) is 1. The van der Waals surface area contributed by atoms with Gasteiger partial charge in [-0.15, -0.1) is 0 Å². The van der Waals surface area contributed by atoms with Gasteiger partial charge in [-0.1, -0.05) is 17.8 Å². The fraction of sp³-hybridized carbons (Fsp3) is 0.0526. The number of primary amides is 1. The first kappa shape index (κ1) is 18.5. The number of pyridine rings is 2. The van der Waals surface area contributed by atoms with E-state index in [0.29, 0.717) is 21.8 Å². The van der Waals surface area contributed by atoms with Crippen LogP contribution in [0.3, 0.4) is 0 Å². The lowest BCUT2D eigenvalue weighted by atomic mass is 10.2. The van der Waals surface area contributed by atoms with Gasteiger partial charge in [0.05, 0.1) is 10.6 Å². The Hall–Kier alpha value is -3.26. The number of hydrogen-bond donors (Lipinski definition) is 2. The predicted octanol–water partition coefficient (Wildman–Crippen LogP) is 3.19. The molecule has 2 aromatic heterocycles.